The van der Waals surface area contributed by atoms with Gasteiger partial charge in [0.2, 0.25) is 5.91 Å². The van der Waals surface area contributed by atoms with Crippen molar-refractivity contribution in [3.63, 3.8) is 0 Å². The Hall–Kier alpha value is -3.35. The van der Waals surface area contributed by atoms with E-state index in [1.54, 1.807) is 13.8 Å². The number of fused-ring (bicyclic) bond motifs is 3. The van der Waals surface area contributed by atoms with E-state index in [4.69, 9.17) is 4.74 Å². The van der Waals surface area contributed by atoms with E-state index < -0.39 is 29.6 Å². The number of amides is 2. The zero-order chi connectivity index (χ0) is 24.5. The van der Waals surface area contributed by atoms with Gasteiger partial charge >= 0.3 is 12.1 Å². The fourth-order valence-corrected chi connectivity index (χ4v) is 4.95. The zero-order valence-electron chi connectivity index (χ0n) is 19.8. The summed E-state index contributed by atoms with van der Waals surface area (Å²) in [5, 5.41) is 14.9. The molecule has 0 radical (unpaired) electrons. The van der Waals surface area contributed by atoms with Crippen LogP contribution in [0.15, 0.2) is 48.5 Å². The number of alkyl carbamates (subject to hydrolysis) is 1. The van der Waals surface area contributed by atoms with Gasteiger partial charge in [-0.05, 0) is 53.9 Å². The molecule has 0 spiro atoms. The van der Waals surface area contributed by atoms with Crippen molar-refractivity contribution in [2.24, 2.45) is 11.8 Å². The normalized spacial score (nSPS) is 17.3. The van der Waals surface area contributed by atoms with Gasteiger partial charge in [0.05, 0.1) is 5.54 Å². The maximum Gasteiger partial charge on any atom is 0.407 e. The molecular weight excluding hydrogens is 432 g/mol. The quantitative estimate of drug-likeness (QED) is 0.513. The van der Waals surface area contributed by atoms with Crippen LogP contribution in [0, 0.1) is 11.8 Å². The summed E-state index contributed by atoms with van der Waals surface area (Å²) in [6, 6.07) is 15.3. The van der Waals surface area contributed by atoms with Crippen LogP contribution in [0.25, 0.3) is 11.1 Å². The first kappa shape index (κ1) is 23.8. The summed E-state index contributed by atoms with van der Waals surface area (Å²) in [5.41, 5.74) is 3.78. The largest absolute Gasteiger partial charge is 0.480 e. The molecule has 0 saturated heterocycles. The molecule has 2 aromatic rings. The van der Waals surface area contributed by atoms with Crippen LogP contribution in [-0.2, 0) is 14.3 Å². The van der Waals surface area contributed by atoms with Crippen LogP contribution in [-0.4, -0.2) is 41.3 Å². The van der Waals surface area contributed by atoms with E-state index in [0.717, 1.165) is 35.1 Å². The van der Waals surface area contributed by atoms with Crippen LogP contribution >= 0.6 is 0 Å². The van der Waals surface area contributed by atoms with E-state index in [1.165, 1.54) is 0 Å². The molecule has 2 atom stereocenters. The van der Waals surface area contributed by atoms with E-state index >= 15 is 0 Å². The molecule has 0 bridgehead atoms. The van der Waals surface area contributed by atoms with Crippen molar-refractivity contribution in [3.8, 4) is 11.1 Å². The van der Waals surface area contributed by atoms with Gasteiger partial charge in [0.25, 0.3) is 0 Å². The summed E-state index contributed by atoms with van der Waals surface area (Å²) >= 11 is 0. The van der Waals surface area contributed by atoms with Crippen LogP contribution in [0.4, 0.5) is 4.79 Å². The number of nitrogens with one attached hydrogen (secondary N) is 2. The third kappa shape index (κ3) is 4.93. The van der Waals surface area contributed by atoms with Crippen molar-refractivity contribution >= 4 is 18.0 Å². The van der Waals surface area contributed by atoms with Crippen LogP contribution in [0.2, 0.25) is 0 Å². The van der Waals surface area contributed by atoms with Gasteiger partial charge in [0.1, 0.15) is 12.6 Å². The average molecular weight is 465 g/mol. The third-order valence-corrected chi connectivity index (χ3v) is 6.99. The molecule has 4 rings (SSSR count). The van der Waals surface area contributed by atoms with E-state index in [-0.39, 0.29) is 30.8 Å². The number of carboxylic acid groups (broad SMARTS) is 1. The van der Waals surface area contributed by atoms with Gasteiger partial charge in [-0.1, -0.05) is 62.4 Å². The Kier molecular flexibility index (Phi) is 6.64. The first-order valence-corrected chi connectivity index (χ1v) is 11.8. The molecule has 34 heavy (non-hydrogen) atoms. The number of ether oxygens (including phenoxy) is 1. The molecule has 3 N–H and O–H groups in total. The lowest BCUT2D eigenvalue weighted by atomic mass is 9.91. The highest BCUT2D eigenvalue weighted by Crippen LogP contribution is 2.45. The molecule has 7 nitrogen and oxygen atoms in total. The van der Waals surface area contributed by atoms with Crippen molar-refractivity contribution in [2.45, 2.75) is 57.5 Å². The second-order valence-electron chi connectivity index (χ2n) is 9.95. The van der Waals surface area contributed by atoms with Gasteiger partial charge in [-0.15, -0.1) is 0 Å². The minimum absolute atomic E-state index is 0.00162. The van der Waals surface area contributed by atoms with Crippen LogP contribution in [0.3, 0.4) is 0 Å². The van der Waals surface area contributed by atoms with Gasteiger partial charge in [0.15, 0.2) is 0 Å². The van der Waals surface area contributed by atoms with Crippen molar-refractivity contribution in [2.75, 3.05) is 6.61 Å². The Morgan fingerprint density at radius 2 is 1.59 bits per heavy atom. The average Bonchev–Trinajstić information content (AvgIpc) is 3.60. The predicted octanol–water partition coefficient (Wildman–Crippen LogP) is 4.31. The monoisotopic (exact) mass is 464 g/mol. The molecule has 2 amide bonds. The molecule has 0 heterocycles. The molecule has 1 saturated carbocycles. The molecule has 2 aromatic carbocycles. The molecular formula is C27H32N2O5. The first-order valence-electron chi connectivity index (χ1n) is 11.8. The zero-order valence-corrected chi connectivity index (χ0v) is 19.8. The van der Waals surface area contributed by atoms with Crippen molar-refractivity contribution in [1.29, 1.82) is 0 Å². The summed E-state index contributed by atoms with van der Waals surface area (Å²) in [7, 11) is 0. The van der Waals surface area contributed by atoms with Gasteiger partial charge in [0, 0.05) is 12.3 Å². The summed E-state index contributed by atoms with van der Waals surface area (Å²) in [5.74, 6) is -1.60. The van der Waals surface area contributed by atoms with Crippen molar-refractivity contribution in [1.82, 2.24) is 10.6 Å². The highest BCUT2D eigenvalue weighted by molar-refractivity contribution is 5.85. The minimum Gasteiger partial charge on any atom is -0.480 e. The molecule has 0 aromatic heterocycles. The number of carboxylic acids is 1. The smallest absolute Gasteiger partial charge is 0.407 e. The lowest BCUT2D eigenvalue weighted by molar-refractivity contribution is -0.143. The van der Waals surface area contributed by atoms with Crippen LogP contribution < -0.4 is 10.6 Å². The van der Waals surface area contributed by atoms with Crippen LogP contribution in [0.5, 0.6) is 0 Å². The van der Waals surface area contributed by atoms with E-state index in [1.807, 2.05) is 31.2 Å². The Morgan fingerprint density at radius 3 is 2.09 bits per heavy atom. The van der Waals surface area contributed by atoms with Crippen molar-refractivity contribution < 1.29 is 24.2 Å². The Balaban J connectivity index is 1.40. The lowest BCUT2D eigenvalue weighted by Crippen LogP contribution is -2.53. The highest BCUT2D eigenvalue weighted by Gasteiger charge is 2.45. The number of benzene rings is 2. The number of hydrogen-bond acceptors (Lipinski definition) is 4. The maximum absolute atomic E-state index is 12.8. The Labute approximate surface area is 199 Å². The summed E-state index contributed by atoms with van der Waals surface area (Å²) in [4.78, 5) is 36.9. The van der Waals surface area contributed by atoms with E-state index in [9.17, 15) is 19.5 Å². The standard InChI is InChI=1S/C27H32N2O5/c1-16(2)24(25(31)32)28-23(30)14-27(3,17-12-13-17)29-26(33)34-15-22-20-10-6-4-8-18(20)19-9-5-7-11-21(19)22/h4-11,16-17,22,24H,12-15H2,1-3H3,(H,28,30)(H,29,33)(H,31,32)/t24-,27?/m0/s1. The molecule has 7 heteroatoms. The number of aliphatic carboxylic acids is 1. The summed E-state index contributed by atoms with van der Waals surface area (Å²) in [6.07, 6.45) is 1.24. The fraction of sp³-hybridized carbons (Fsp3) is 0.444. The molecule has 1 fully saturated rings. The number of hydrogen-bond donors (Lipinski definition) is 3. The van der Waals surface area contributed by atoms with Gasteiger partial charge in [-0.3, -0.25) is 4.79 Å². The number of carbonyl (C=O) groups is 3. The van der Waals surface area contributed by atoms with Crippen molar-refractivity contribution in [3.05, 3.63) is 59.7 Å². The molecule has 2 aliphatic rings. The van der Waals surface area contributed by atoms with Gasteiger partial charge in [-0.25, -0.2) is 9.59 Å². The van der Waals surface area contributed by atoms with Gasteiger partial charge in [-0.2, -0.15) is 0 Å². The molecule has 0 aliphatic heterocycles. The second-order valence-corrected chi connectivity index (χ2v) is 9.95. The SMILES string of the molecule is CC(C)[C@H](NC(=O)CC(C)(NC(=O)OCC1c2ccccc2-c2ccccc21)C1CC1)C(=O)O. The molecule has 2 aliphatic carbocycles. The first-order chi connectivity index (χ1) is 16.2. The van der Waals surface area contributed by atoms with Crippen LogP contribution in [0.1, 0.15) is 57.1 Å². The Bertz CT molecular complexity index is 1050. The predicted molar refractivity (Wildman–Crippen MR) is 128 cm³/mol. The lowest BCUT2D eigenvalue weighted by Gasteiger charge is -2.31. The third-order valence-electron chi connectivity index (χ3n) is 6.99. The second kappa shape index (κ2) is 9.49. The van der Waals surface area contributed by atoms with E-state index in [2.05, 4.69) is 34.9 Å². The topological polar surface area (TPSA) is 105 Å². The summed E-state index contributed by atoms with van der Waals surface area (Å²) in [6.45, 7) is 5.51. The van der Waals surface area contributed by atoms with E-state index in [0.29, 0.717) is 0 Å². The highest BCUT2D eigenvalue weighted by atomic mass is 16.5. The maximum atomic E-state index is 12.8. The molecule has 180 valence electrons. The number of rotatable bonds is 9. The Morgan fingerprint density at radius 1 is 1.03 bits per heavy atom. The molecule has 1 unspecified atom stereocenters. The summed E-state index contributed by atoms with van der Waals surface area (Å²) < 4.78 is 5.68. The number of carbonyl (C=O) groups excluding carboxylic acids is 2. The fourth-order valence-electron chi connectivity index (χ4n) is 4.95. The van der Waals surface area contributed by atoms with Gasteiger partial charge < -0.3 is 20.5 Å². The minimum atomic E-state index is -1.07.